The zero-order valence-corrected chi connectivity index (χ0v) is 15.0. The number of aromatic nitrogens is 2. The molecular formula is C20H28N4. The molecular weight excluding hydrogens is 296 g/mol. The molecule has 4 nitrogen and oxygen atoms in total. The van der Waals surface area contributed by atoms with Crippen molar-refractivity contribution in [2.45, 2.75) is 65.3 Å². The van der Waals surface area contributed by atoms with Gasteiger partial charge in [-0.2, -0.15) is 4.98 Å². The molecule has 1 fully saturated rings. The summed E-state index contributed by atoms with van der Waals surface area (Å²) in [5, 5.41) is 6.97. The van der Waals surface area contributed by atoms with E-state index in [1.807, 2.05) is 13.0 Å². The van der Waals surface area contributed by atoms with Gasteiger partial charge < -0.3 is 10.6 Å². The molecule has 0 atom stereocenters. The lowest BCUT2D eigenvalue weighted by Crippen LogP contribution is -2.19. The molecule has 0 bridgehead atoms. The Morgan fingerprint density at radius 3 is 2.17 bits per heavy atom. The number of hydrogen-bond donors (Lipinski definition) is 2. The van der Waals surface area contributed by atoms with Crippen molar-refractivity contribution >= 4 is 17.5 Å². The second kappa shape index (κ2) is 7.65. The molecule has 2 N–H and O–H groups in total. The van der Waals surface area contributed by atoms with E-state index in [0.29, 0.717) is 12.0 Å². The smallest absolute Gasteiger partial charge is 0.229 e. The highest BCUT2D eigenvalue weighted by molar-refractivity contribution is 5.57. The average molecular weight is 324 g/mol. The third-order valence-corrected chi connectivity index (χ3v) is 4.54. The quantitative estimate of drug-likeness (QED) is 0.751. The van der Waals surface area contributed by atoms with E-state index in [9.17, 15) is 0 Å². The monoisotopic (exact) mass is 324 g/mol. The Kier molecular flexibility index (Phi) is 5.34. The molecule has 0 amide bonds. The first-order valence-corrected chi connectivity index (χ1v) is 9.06. The Morgan fingerprint density at radius 2 is 1.50 bits per heavy atom. The van der Waals surface area contributed by atoms with Crippen LogP contribution in [0.2, 0.25) is 0 Å². The summed E-state index contributed by atoms with van der Waals surface area (Å²) in [6, 6.07) is 8.99. The Balaban J connectivity index is 1.75. The maximum Gasteiger partial charge on any atom is 0.229 e. The van der Waals surface area contributed by atoms with Crippen LogP contribution in [-0.2, 0) is 0 Å². The van der Waals surface area contributed by atoms with Gasteiger partial charge in [-0.25, -0.2) is 4.98 Å². The number of rotatable bonds is 4. The van der Waals surface area contributed by atoms with Crippen LogP contribution in [0.4, 0.5) is 17.5 Å². The van der Waals surface area contributed by atoms with Gasteiger partial charge in [-0.1, -0.05) is 31.7 Å². The van der Waals surface area contributed by atoms with Crippen LogP contribution in [0.25, 0.3) is 0 Å². The number of benzene rings is 1. The third kappa shape index (κ3) is 4.70. The predicted molar refractivity (Wildman–Crippen MR) is 101 cm³/mol. The lowest BCUT2D eigenvalue weighted by molar-refractivity contribution is 0.617. The summed E-state index contributed by atoms with van der Waals surface area (Å²) in [6.07, 6.45) is 7.83. The zero-order valence-electron chi connectivity index (χ0n) is 15.0. The van der Waals surface area contributed by atoms with Crippen molar-refractivity contribution in [1.82, 2.24) is 9.97 Å². The zero-order chi connectivity index (χ0) is 16.9. The third-order valence-electron chi connectivity index (χ3n) is 4.54. The Morgan fingerprint density at radius 1 is 0.833 bits per heavy atom. The van der Waals surface area contributed by atoms with E-state index in [1.54, 1.807) is 0 Å². The summed E-state index contributed by atoms with van der Waals surface area (Å²) in [6.45, 7) is 6.23. The second-order valence-electron chi connectivity index (χ2n) is 7.05. The second-order valence-corrected chi connectivity index (χ2v) is 7.05. The summed E-state index contributed by atoms with van der Waals surface area (Å²) >= 11 is 0. The van der Waals surface area contributed by atoms with Gasteiger partial charge >= 0.3 is 0 Å². The molecule has 0 saturated heterocycles. The van der Waals surface area contributed by atoms with Gasteiger partial charge in [0.05, 0.1) is 0 Å². The largest absolute Gasteiger partial charge is 0.367 e. The number of hydrogen-bond acceptors (Lipinski definition) is 4. The van der Waals surface area contributed by atoms with Crippen molar-refractivity contribution in [2.75, 3.05) is 10.6 Å². The molecule has 1 aromatic carbocycles. The van der Waals surface area contributed by atoms with Crippen LogP contribution < -0.4 is 10.6 Å². The fourth-order valence-electron chi connectivity index (χ4n) is 3.51. The minimum Gasteiger partial charge on any atom is -0.367 e. The first-order valence-electron chi connectivity index (χ1n) is 9.06. The molecule has 1 saturated carbocycles. The van der Waals surface area contributed by atoms with Gasteiger partial charge in [-0.3, -0.25) is 0 Å². The van der Waals surface area contributed by atoms with E-state index >= 15 is 0 Å². The van der Waals surface area contributed by atoms with Crippen LogP contribution in [0.1, 0.15) is 55.3 Å². The first-order chi connectivity index (χ1) is 11.6. The maximum atomic E-state index is 4.68. The Bertz CT molecular complexity index is 668. The Labute approximate surface area is 145 Å². The van der Waals surface area contributed by atoms with Crippen molar-refractivity contribution in [2.24, 2.45) is 0 Å². The number of nitrogens with one attached hydrogen (secondary N) is 2. The number of aryl methyl sites for hydroxylation is 3. The predicted octanol–water partition coefficient (Wildman–Crippen LogP) is 5.28. The highest BCUT2D eigenvalue weighted by Gasteiger charge is 2.13. The van der Waals surface area contributed by atoms with Crippen LogP contribution >= 0.6 is 0 Å². The molecule has 0 aliphatic heterocycles. The topological polar surface area (TPSA) is 49.8 Å². The van der Waals surface area contributed by atoms with Gasteiger partial charge in [0, 0.05) is 23.5 Å². The van der Waals surface area contributed by atoms with Crippen LogP contribution in [0.5, 0.6) is 0 Å². The molecule has 1 aliphatic carbocycles. The molecule has 24 heavy (non-hydrogen) atoms. The lowest BCUT2D eigenvalue weighted by Gasteiger charge is -2.18. The van der Waals surface area contributed by atoms with Gasteiger partial charge in [-0.05, 0) is 56.9 Å². The van der Waals surface area contributed by atoms with E-state index in [-0.39, 0.29) is 0 Å². The Hall–Kier alpha value is -2.10. The van der Waals surface area contributed by atoms with E-state index < -0.39 is 0 Å². The van der Waals surface area contributed by atoms with Crippen molar-refractivity contribution in [3.05, 3.63) is 41.1 Å². The molecule has 0 spiro atoms. The molecule has 4 heteroatoms. The summed E-state index contributed by atoms with van der Waals surface area (Å²) < 4.78 is 0. The van der Waals surface area contributed by atoms with Gasteiger partial charge in [-0.15, -0.1) is 0 Å². The van der Waals surface area contributed by atoms with Gasteiger partial charge in [0.25, 0.3) is 0 Å². The number of anilines is 3. The fourth-order valence-corrected chi connectivity index (χ4v) is 3.51. The van der Waals surface area contributed by atoms with Crippen molar-refractivity contribution < 1.29 is 0 Å². The highest BCUT2D eigenvalue weighted by atomic mass is 15.1. The SMILES string of the molecule is Cc1cc(C)cc(Nc2nc(C)cc(NC3CCCCCC3)n2)c1. The summed E-state index contributed by atoms with van der Waals surface area (Å²) in [7, 11) is 0. The standard InChI is InChI=1S/C20H28N4/c1-14-10-15(2)12-18(11-14)23-20-21-16(3)13-19(24-20)22-17-8-6-4-5-7-9-17/h10-13,17H,4-9H2,1-3H3,(H2,21,22,23,24). The van der Waals surface area contributed by atoms with E-state index in [1.165, 1.54) is 49.7 Å². The molecule has 1 aliphatic rings. The molecule has 3 rings (SSSR count). The minimum absolute atomic E-state index is 0.538. The molecule has 1 aromatic heterocycles. The van der Waals surface area contributed by atoms with Gasteiger partial charge in [0.1, 0.15) is 5.82 Å². The lowest BCUT2D eigenvalue weighted by atomic mass is 10.1. The summed E-state index contributed by atoms with van der Waals surface area (Å²) in [4.78, 5) is 9.22. The minimum atomic E-state index is 0.538. The van der Waals surface area contributed by atoms with Crippen LogP contribution in [-0.4, -0.2) is 16.0 Å². The maximum absolute atomic E-state index is 4.68. The van der Waals surface area contributed by atoms with Crippen LogP contribution in [0.3, 0.4) is 0 Å². The van der Waals surface area contributed by atoms with Crippen molar-refractivity contribution in [1.29, 1.82) is 0 Å². The van der Waals surface area contributed by atoms with E-state index in [0.717, 1.165) is 17.2 Å². The average Bonchev–Trinajstić information content (AvgIpc) is 2.74. The van der Waals surface area contributed by atoms with Gasteiger partial charge in [0.15, 0.2) is 0 Å². The van der Waals surface area contributed by atoms with Crippen LogP contribution in [0, 0.1) is 20.8 Å². The van der Waals surface area contributed by atoms with E-state index in [4.69, 9.17) is 0 Å². The fraction of sp³-hybridized carbons (Fsp3) is 0.500. The summed E-state index contributed by atoms with van der Waals surface area (Å²) in [5.74, 6) is 1.59. The molecule has 128 valence electrons. The van der Waals surface area contributed by atoms with Crippen LogP contribution in [0.15, 0.2) is 24.3 Å². The first kappa shape index (κ1) is 16.7. The van der Waals surface area contributed by atoms with Crippen molar-refractivity contribution in [3.8, 4) is 0 Å². The molecule has 0 unspecified atom stereocenters. The van der Waals surface area contributed by atoms with Crippen molar-refractivity contribution in [3.63, 3.8) is 0 Å². The summed E-state index contributed by atoms with van der Waals surface area (Å²) in [5.41, 5.74) is 4.50. The molecule has 0 radical (unpaired) electrons. The number of nitrogens with zero attached hydrogens (tertiary/aromatic N) is 2. The van der Waals surface area contributed by atoms with E-state index in [2.05, 4.69) is 52.6 Å². The molecule has 1 heterocycles. The molecule has 2 aromatic rings. The van der Waals surface area contributed by atoms with Gasteiger partial charge in [0.2, 0.25) is 5.95 Å². The normalized spacial score (nSPS) is 15.8. The highest BCUT2D eigenvalue weighted by Crippen LogP contribution is 2.22.